The van der Waals surface area contributed by atoms with Crippen LogP contribution in [0.25, 0.3) is 31.6 Å². The first-order valence-corrected chi connectivity index (χ1v) is 10.8. The van der Waals surface area contributed by atoms with Crippen LogP contribution in [-0.4, -0.2) is 20.4 Å². The van der Waals surface area contributed by atoms with Gasteiger partial charge in [-0.05, 0) is 36.2 Å². The third-order valence-corrected chi connectivity index (χ3v) is 6.21. The number of aryl methyl sites for hydroxylation is 1. The van der Waals surface area contributed by atoms with E-state index in [1.807, 2.05) is 43.3 Å². The zero-order valence-corrected chi connectivity index (χ0v) is 18.1. The highest BCUT2D eigenvalue weighted by Gasteiger charge is 2.18. The Hall–Kier alpha value is -3.98. The molecule has 0 saturated heterocycles. The topological polar surface area (TPSA) is 76.9 Å². The van der Waals surface area contributed by atoms with Crippen molar-refractivity contribution in [2.75, 3.05) is 5.32 Å². The number of pyridine rings is 1. The van der Waals surface area contributed by atoms with Gasteiger partial charge in [0.2, 0.25) is 5.91 Å². The number of aromatic nitrogens is 3. The Morgan fingerprint density at radius 1 is 1.09 bits per heavy atom. The molecule has 0 fully saturated rings. The lowest BCUT2D eigenvalue weighted by Gasteiger charge is -2.08. The Labute approximate surface area is 190 Å². The second-order valence-electron chi connectivity index (χ2n) is 7.49. The van der Waals surface area contributed by atoms with Crippen LogP contribution in [0.1, 0.15) is 5.69 Å². The van der Waals surface area contributed by atoms with Crippen molar-refractivity contribution in [2.24, 2.45) is 0 Å². The molecule has 164 valence electrons. The summed E-state index contributed by atoms with van der Waals surface area (Å²) in [5.74, 6) is -2.65. The SMILES string of the molecule is Cc1cc(-c2ccccc2)c2c(n1)sc1c(=O)n(CC(=O)Nc3ccc(F)c(F)c3)cnc12. The molecule has 0 aliphatic heterocycles. The summed E-state index contributed by atoms with van der Waals surface area (Å²) in [7, 11) is 0. The molecule has 1 amide bonds. The molecular weight excluding hydrogens is 446 g/mol. The van der Waals surface area contributed by atoms with Crippen molar-refractivity contribution in [3.63, 3.8) is 0 Å². The van der Waals surface area contributed by atoms with Crippen LogP contribution in [0.2, 0.25) is 0 Å². The number of nitrogens with one attached hydrogen (secondary N) is 1. The lowest BCUT2D eigenvalue weighted by molar-refractivity contribution is -0.116. The Balaban J connectivity index is 1.54. The number of carbonyl (C=O) groups excluding carboxylic acids is 1. The minimum Gasteiger partial charge on any atom is -0.324 e. The van der Waals surface area contributed by atoms with Crippen molar-refractivity contribution in [3.8, 4) is 11.1 Å². The van der Waals surface area contributed by atoms with Crippen molar-refractivity contribution < 1.29 is 13.6 Å². The second-order valence-corrected chi connectivity index (χ2v) is 8.49. The molecule has 0 radical (unpaired) electrons. The molecule has 0 spiro atoms. The van der Waals surface area contributed by atoms with E-state index in [9.17, 15) is 18.4 Å². The van der Waals surface area contributed by atoms with E-state index in [4.69, 9.17) is 0 Å². The van der Waals surface area contributed by atoms with Crippen LogP contribution in [0.4, 0.5) is 14.5 Å². The van der Waals surface area contributed by atoms with Gasteiger partial charge in [-0.25, -0.2) is 18.7 Å². The van der Waals surface area contributed by atoms with E-state index in [0.29, 0.717) is 15.0 Å². The van der Waals surface area contributed by atoms with Gasteiger partial charge in [-0.15, -0.1) is 11.3 Å². The Morgan fingerprint density at radius 2 is 1.88 bits per heavy atom. The van der Waals surface area contributed by atoms with Gasteiger partial charge in [0.1, 0.15) is 16.1 Å². The van der Waals surface area contributed by atoms with Gasteiger partial charge in [0.15, 0.2) is 11.6 Å². The molecule has 0 saturated carbocycles. The predicted molar refractivity (Wildman–Crippen MR) is 124 cm³/mol. The lowest BCUT2D eigenvalue weighted by atomic mass is 10.0. The van der Waals surface area contributed by atoms with Gasteiger partial charge >= 0.3 is 0 Å². The maximum atomic E-state index is 13.4. The smallest absolute Gasteiger partial charge is 0.271 e. The first-order valence-electron chi connectivity index (χ1n) is 10.0. The van der Waals surface area contributed by atoms with Crippen molar-refractivity contribution >= 4 is 43.4 Å². The molecule has 33 heavy (non-hydrogen) atoms. The Bertz CT molecular complexity index is 1600. The van der Waals surface area contributed by atoms with E-state index in [1.165, 1.54) is 28.3 Å². The van der Waals surface area contributed by atoms with Crippen LogP contribution in [0.5, 0.6) is 0 Å². The van der Waals surface area contributed by atoms with Crippen LogP contribution in [0.15, 0.2) is 65.7 Å². The predicted octanol–water partition coefficient (Wildman–Crippen LogP) is 4.90. The van der Waals surface area contributed by atoms with Crippen LogP contribution < -0.4 is 10.9 Å². The fourth-order valence-electron chi connectivity index (χ4n) is 3.67. The number of amides is 1. The molecule has 3 heterocycles. The van der Waals surface area contributed by atoms with Gasteiger partial charge in [-0.3, -0.25) is 14.2 Å². The van der Waals surface area contributed by atoms with Crippen molar-refractivity contribution in [2.45, 2.75) is 13.5 Å². The van der Waals surface area contributed by atoms with Crippen LogP contribution in [-0.2, 0) is 11.3 Å². The maximum Gasteiger partial charge on any atom is 0.271 e. The van der Waals surface area contributed by atoms with E-state index in [1.54, 1.807) is 0 Å². The van der Waals surface area contributed by atoms with Crippen molar-refractivity contribution in [3.05, 3.63) is 88.6 Å². The molecule has 5 rings (SSSR count). The van der Waals surface area contributed by atoms with Crippen LogP contribution in [0.3, 0.4) is 0 Å². The first-order chi connectivity index (χ1) is 15.9. The fraction of sp³-hybridized carbons (Fsp3) is 0.0833. The van der Waals surface area contributed by atoms with Gasteiger partial charge < -0.3 is 5.32 Å². The number of nitrogens with zero attached hydrogens (tertiary/aromatic N) is 3. The zero-order chi connectivity index (χ0) is 23.1. The van der Waals surface area contributed by atoms with Gasteiger partial charge in [0.05, 0.1) is 11.8 Å². The summed E-state index contributed by atoms with van der Waals surface area (Å²) < 4.78 is 28.0. The number of carbonyl (C=O) groups is 1. The lowest BCUT2D eigenvalue weighted by Crippen LogP contribution is -2.27. The molecule has 0 aliphatic rings. The highest BCUT2D eigenvalue weighted by Crippen LogP contribution is 2.37. The number of rotatable bonds is 4. The molecule has 0 bridgehead atoms. The van der Waals surface area contributed by atoms with E-state index in [2.05, 4.69) is 15.3 Å². The summed E-state index contributed by atoms with van der Waals surface area (Å²) in [4.78, 5) is 35.3. The molecule has 2 aromatic carbocycles. The molecule has 0 atom stereocenters. The second kappa shape index (κ2) is 8.18. The number of fused-ring (bicyclic) bond motifs is 3. The van der Waals surface area contributed by atoms with E-state index < -0.39 is 17.5 Å². The van der Waals surface area contributed by atoms with Crippen LogP contribution >= 0.6 is 11.3 Å². The molecule has 5 aromatic rings. The molecule has 0 aliphatic carbocycles. The average Bonchev–Trinajstić information content (AvgIpc) is 3.17. The number of thiophene rings is 1. The third kappa shape index (κ3) is 3.87. The number of anilines is 1. The molecule has 6 nitrogen and oxygen atoms in total. The minimum atomic E-state index is -1.07. The van der Waals surface area contributed by atoms with Gasteiger partial charge in [0.25, 0.3) is 5.56 Å². The van der Waals surface area contributed by atoms with Crippen LogP contribution in [0, 0.1) is 18.6 Å². The molecule has 3 aromatic heterocycles. The summed E-state index contributed by atoms with van der Waals surface area (Å²) in [5.41, 5.74) is 2.99. The summed E-state index contributed by atoms with van der Waals surface area (Å²) in [6.07, 6.45) is 1.32. The Kier molecular flexibility index (Phi) is 5.18. The van der Waals surface area contributed by atoms with E-state index in [-0.39, 0.29) is 17.8 Å². The van der Waals surface area contributed by atoms with Crippen molar-refractivity contribution in [1.29, 1.82) is 0 Å². The van der Waals surface area contributed by atoms with Crippen molar-refractivity contribution in [1.82, 2.24) is 14.5 Å². The monoisotopic (exact) mass is 462 g/mol. The van der Waals surface area contributed by atoms with Gasteiger partial charge in [0, 0.05) is 22.8 Å². The summed E-state index contributed by atoms with van der Waals surface area (Å²) in [6, 6.07) is 14.8. The number of benzene rings is 2. The Morgan fingerprint density at radius 3 is 2.64 bits per heavy atom. The number of hydrogen-bond donors (Lipinski definition) is 1. The largest absolute Gasteiger partial charge is 0.324 e. The summed E-state index contributed by atoms with van der Waals surface area (Å²) in [5, 5.41) is 3.25. The minimum absolute atomic E-state index is 0.0926. The molecule has 1 N–H and O–H groups in total. The standard InChI is InChI=1S/C24H16F2N4O2S/c1-13-9-16(14-5-3-2-4-6-14)20-21-22(33-23(20)28-13)24(32)30(12-27-21)11-19(31)29-15-7-8-17(25)18(26)10-15/h2-10,12H,11H2,1H3,(H,29,31). The van der Waals surface area contributed by atoms with Gasteiger partial charge in [-0.2, -0.15) is 0 Å². The van der Waals surface area contributed by atoms with E-state index in [0.717, 1.165) is 34.3 Å². The number of hydrogen-bond acceptors (Lipinski definition) is 5. The number of halogens is 2. The quantitative estimate of drug-likeness (QED) is 0.412. The first kappa shape index (κ1) is 20.9. The molecular formula is C24H16F2N4O2S. The highest BCUT2D eigenvalue weighted by molar-refractivity contribution is 7.25. The highest BCUT2D eigenvalue weighted by atomic mass is 32.1. The normalized spacial score (nSPS) is 11.2. The van der Waals surface area contributed by atoms with E-state index >= 15 is 0 Å². The third-order valence-electron chi connectivity index (χ3n) is 5.15. The van der Waals surface area contributed by atoms with Gasteiger partial charge in [-0.1, -0.05) is 30.3 Å². The average molecular weight is 462 g/mol. The maximum absolute atomic E-state index is 13.4. The summed E-state index contributed by atoms with van der Waals surface area (Å²) in [6.45, 7) is 1.57. The molecule has 9 heteroatoms. The fourth-order valence-corrected chi connectivity index (χ4v) is 4.82. The molecule has 0 unspecified atom stereocenters. The zero-order valence-electron chi connectivity index (χ0n) is 17.3. The summed E-state index contributed by atoms with van der Waals surface area (Å²) >= 11 is 1.23.